The molecule has 0 N–H and O–H groups in total. The van der Waals surface area contributed by atoms with Gasteiger partial charge in [0.05, 0.1) is 0 Å². The van der Waals surface area contributed by atoms with Gasteiger partial charge in [-0.3, -0.25) is 0 Å². The summed E-state index contributed by atoms with van der Waals surface area (Å²) in [6.45, 7) is 3.10. The third kappa shape index (κ3) is 2.71. The van der Waals surface area contributed by atoms with Crippen LogP contribution in [-0.4, -0.2) is 22.6 Å². The minimum Gasteiger partial charge on any atom is -0.354 e. The van der Waals surface area contributed by atoms with Gasteiger partial charge in [0.1, 0.15) is 11.0 Å². The average Bonchev–Trinajstić information content (AvgIpc) is 3.25. The molecule has 0 unspecified atom stereocenters. The van der Waals surface area contributed by atoms with Gasteiger partial charge in [-0.05, 0) is 19.8 Å². The normalized spacial score (nSPS) is 14.4. The first-order valence-corrected chi connectivity index (χ1v) is 7.02. The fraction of sp³-hybridized carbons (Fsp3) is 0.333. The topological polar surface area (TPSA) is 29.0 Å². The summed E-state index contributed by atoms with van der Waals surface area (Å²) in [5.41, 5.74) is 0.998. The van der Waals surface area contributed by atoms with E-state index in [1.165, 1.54) is 12.8 Å². The molecule has 1 fully saturated rings. The summed E-state index contributed by atoms with van der Waals surface area (Å²) in [4.78, 5) is 11.3. The Morgan fingerprint density at radius 2 is 1.95 bits per heavy atom. The van der Waals surface area contributed by atoms with E-state index in [9.17, 15) is 0 Å². The number of aromatic nitrogens is 2. The molecule has 1 aromatic carbocycles. The van der Waals surface area contributed by atoms with Crippen molar-refractivity contribution in [1.29, 1.82) is 0 Å². The second-order valence-corrected chi connectivity index (χ2v) is 5.14. The average molecular weight is 274 g/mol. The number of benzene rings is 1. The van der Waals surface area contributed by atoms with Crippen LogP contribution in [0.2, 0.25) is 5.15 Å². The molecular weight excluding hydrogens is 258 g/mol. The molecule has 0 spiro atoms. The number of anilines is 1. The molecule has 0 bridgehead atoms. The molecule has 0 saturated heterocycles. The smallest absolute Gasteiger partial charge is 0.163 e. The predicted molar refractivity (Wildman–Crippen MR) is 78.5 cm³/mol. The van der Waals surface area contributed by atoms with Crippen LogP contribution in [0.25, 0.3) is 11.4 Å². The fourth-order valence-corrected chi connectivity index (χ4v) is 2.44. The molecule has 98 valence electrons. The zero-order valence-corrected chi connectivity index (χ0v) is 11.6. The second-order valence-electron chi connectivity index (χ2n) is 4.76. The minimum absolute atomic E-state index is 0.503. The van der Waals surface area contributed by atoms with Gasteiger partial charge in [0, 0.05) is 24.2 Å². The quantitative estimate of drug-likeness (QED) is 0.794. The van der Waals surface area contributed by atoms with Crippen LogP contribution >= 0.6 is 11.6 Å². The van der Waals surface area contributed by atoms with Gasteiger partial charge in [-0.1, -0.05) is 41.9 Å². The number of nitrogens with zero attached hydrogens (tertiary/aromatic N) is 3. The zero-order valence-electron chi connectivity index (χ0n) is 10.9. The summed E-state index contributed by atoms with van der Waals surface area (Å²) in [5, 5.41) is 0.503. The first kappa shape index (κ1) is 12.4. The molecule has 1 saturated carbocycles. The van der Waals surface area contributed by atoms with E-state index in [1.54, 1.807) is 0 Å². The number of rotatable bonds is 4. The standard InChI is InChI=1S/C15H16ClN3/c1-2-19(12-8-9-12)14-10-13(16)17-15(18-14)11-6-4-3-5-7-11/h3-7,10,12H,2,8-9H2,1H3. The largest absolute Gasteiger partial charge is 0.354 e. The lowest BCUT2D eigenvalue weighted by Crippen LogP contribution is -2.26. The highest BCUT2D eigenvalue weighted by atomic mass is 35.5. The molecule has 0 aliphatic heterocycles. The maximum absolute atomic E-state index is 6.15. The minimum atomic E-state index is 0.503. The van der Waals surface area contributed by atoms with Crippen molar-refractivity contribution >= 4 is 17.4 Å². The Balaban J connectivity index is 2.00. The van der Waals surface area contributed by atoms with Crippen LogP contribution in [0.4, 0.5) is 5.82 Å². The van der Waals surface area contributed by atoms with Gasteiger partial charge in [-0.15, -0.1) is 0 Å². The lowest BCUT2D eigenvalue weighted by Gasteiger charge is -2.22. The molecule has 3 rings (SSSR count). The summed E-state index contributed by atoms with van der Waals surface area (Å²) < 4.78 is 0. The van der Waals surface area contributed by atoms with E-state index in [4.69, 9.17) is 11.6 Å². The molecular formula is C15H16ClN3. The Morgan fingerprint density at radius 1 is 1.21 bits per heavy atom. The van der Waals surface area contributed by atoms with Gasteiger partial charge >= 0.3 is 0 Å². The van der Waals surface area contributed by atoms with Crippen LogP contribution in [0, 0.1) is 0 Å². The van der Waals surface area contributed by atoms with E-state index in [0.717, 1.165) is 17.9 Å². The van der Waals surface area contributed by atoms with Crippen LogP contribution in [0.15, 0.2) is 36.4 Å². The Bertz CT molecular complexity index is 567. The lowest BCUT2D eigenvalue weighted by atomic mass is 10.2. The summed E-state index contributed by atoms with van der Waals surface area (Å²) in [6, 6.07) is 12.4. The maximum atomic E-state index is 6.15. The maximum Gasteiger partial charge on any atom is 0.163 e. The van der Waals surface area contributed by atoms with Crippen molar-refractivity contribution in [2.75, 3.05) is 11.4 Å². The van der Waals surface area contributed by atoms with Gasteiger partial charge in [0.25, 0.3) is 0 Å². The third-order valence-corrected chi connectivity index (χ3v) is 3.53. The first-order valence-electron chi connectivity index (χ1n) is 6.64. The summed E-state index contributed by atoms with van der Waals surface area (Å²) in [7, 11) is 0. The molecule has 1 heterocycles. The number of hydrogen-bond donors (Lipinski definition) is 0. The van der Waals surface area contributed by atoms with Crippen LogP contribution < -0.4 is 4.90 Å². The van der Waals surface area contributed by atoms with E-state index in [1.807, 2.05) is 36.4 Å². The van der Waals surface area contributed by atoms with Crippen molar-refractivity contribution in [3.63, 3.8) is 0 Å². The van der Waals surface area contributed by atoms with E-state index in [2.05, 4.69) is 21.8 Å². The predicted octanol–water partition coefficient (Wildman–Crippen LogP) is 3.79. The number of halogens is 1. The molecule has 3 nitrogen and oxygen atoms in total. The molecule has 4 heteroatoms. The Labute approximate surface area is 118 Å². The molecule has 1 aliphatic rings. The van der Waals surface area contributed by atoms with Crippen LogP contribution in [0.3, 0.4) is 0 Å². The molecule has 0 radical (unpaired) electrons. The molecule has 1 aromatic heterocycles. The third-order valence-electron chi connectivity index (χ3n) is 3.34. The first-order chi connectivity index (χ1) is 9.28. The highest BCUT2D eigenvalue weighted by molar-refractivity contribution is 6.29. The highest BCUT2D eigenvalue weighted by Crippen LogP contribution is 2.32. The van der Waals surface area contributed by atoms with Gasteiger partial charge < -0.3 is 4.90 Å². The Morgan fingerprint density at radius 3 is 2.58 bits per heavy atom. The van der Waals surface area contributed by atoms with Gasteiger partial charge in [-0.2, -0.15) is 0 Å². The van der Waals surface area contributed by atoms with Crippen LogP contribution in [-0.2, 0) is 0 Å². The van der Waals surface area contributed by atoms with E-state index in [0.29, 0.717) is 17.0 Å². The monoisotopic (exact) mass is 273 g/mol. The molecule has 1 aliphatic carbocycles. The summed E-state index contributed by atoms with van der Waals surface area (Å²) in [5.74, 6) is 1.63. The number of hydrogen-bond acceptors (Lipinski definition) is 3. The van der Waals surface area contributed by atoms with Crippen molar-refractivity contribution in [1.82, 2.24) is 9.97 Å². The highest BCUT2D eigenvalue weighted by Gasteiger charge is 2.29. The van der Waals surface area contributed by atoms with Gasteiger partial charge in [-0.25, -0.2) is 9.97 Å². The Kier molecular flexibility index (Phi) is 3.38. The van der Waals surface area contributed by atoms with Crippen molar-refractivity contribution < 1.29 is 0 Å². The molecule has 0 amide bonds. The summed E-state index contributed by atoms with van der Waals surface area (Å²) in [6.07, 6.45) is 2.49. The molecule has 0 atom stereocenters. The fourth-order valence-electron chi connectivity index (χ4n) is 2.26. The van der Waals surface area contributed by atoms with Crippen LogP contribution in [0.1, 0.15) is 19.8 Å². The van der Waals surface area contributed by atoms with Crippen molar-refractivity contribution in [2.24, 2.45) is 0 Å². The van der Waals surface area contributed by atoms with Gasteiger partial charge in [0.15, 0.2) is 5.82 Å². The lowest BCUT2D eigenvalue weighted by molar-refractivity contribution is 0.806. The van der Waals surface area contributed by atoms with Crippen molar-refractivity contribution in [3.8, 4) is 11.4 Å². The van der Waals surface area contributed by atoms with E-state index in [-0.39, 0.29) is 0 Å². The van der Waals surface area contributed by atoms with Crippen LogP contribution in [0.5, 0.6) is 0 Å². The van der Waals surface area contributed by atoms with Crippen molar-refractivity contribution in [3.05, 3.63) is 41.6 Å². The summed E-state index contributed by atoms with van der Waals surface area (Å²) >= 11 is 6.15. The second kappa shape index (κ2) is 5.17. The van der Waals surface area contributed by atoms with E-state index < -0.39 is 0 Å². The zero-order chi connectivity index (χ0) is 13.2. The molecule has 2 aromatic rings. The Hall–Kier alpha value is -1.61. The van der Waals surface area contributed by atoms with Crippen molar-refractivity contribution in [2.45, 2.75) is 25.8 Å². The molecule has 19 heavy (non-hydrogen) atoms. The SMILES string of the molecule is CCN(c1cc(Cl)nc(-c2ccccc2)n1)C1CC1. The van der Waals surface area contributed by atoms with Gasteiger partial charge in [0.2, 0.25) is 0 Å². The van der Waals surface area contributed by atoms with E-state index >= 15 is 0 Å².